The van der Waals surface area contributed by atoms with E-state index in [4.69, 9.17) is 0 Å². The van der Waals surface area contributed by atoms with Gasteiger partial charge in [0, 0.05) is 32.7 Å². The summed E-state index contributed by atoms with van der Waals surface area (Å²) < 4.78 is 39.6. The van der Waals surface area contributed by atoms with Crippen LogP contribution in [0.4, 0.5) is 13.2 Å². The number of hydrogen-bond donors (Lipinski definition) is 2. The lowest BCUT2D eigenvalue weighted by Crippen LogP contribution is -2.57. The topological polar surface area (TPSA) is 44.4 Å². The fraction of sp³-hybridized carbons (Fsp3) is 0.562. The molecule has 1 saturated heterocycles. The van der Waals surface area contributed by atoms with Crippen molar-refractivity contribution in [1.82, 2.24) is 15.5 Å². The zero-order chi connectivity index (χ0) is 16.9. The van der Waals surface area contributed by atoms with Crippen LogP contribution in [0.25, 0.3) is 0 Å². The summed E-state index contributed by atoms with van der Waals surface area (Å²) in [4.78, 5) is 13.3. The number of amides is 1. The Labute approximate surface area is 146 Å². The third kappa shape index (κ3) is 6.30. The van der Waals surface area contributed by atoms with Gasteiger partial charge in [-0.15, -0.1) is 12.4 Å². The lowest BCUT2D eigenvalue weighted by atomic mass is 10.1. The molecule has 24 heavy (non-hydrogen) atoms. The quantitative estimate of drug-likeness (QED) is 0.838. The van der Waals surface area contributed by atoms with Crippen molar-refractivity contribution in [3.8, 4) is 0 Å². The van der Waals surface area contributed by atoms with Gasteiger partial charge in [0.1, 0.15) is 6.04 Å². The van der Waals surface area contributed by atoms with Crippen molar-refractivity contribution in [2.24, 2.45) is 0 Å². The molecular weight excluding hydrogens is 343 g/mol. The van der Waals surface area contributed by atoms with Gasteiger partial charge in [-0.2, -0.15) is 13.2 Å². The summed E-state index contributed by atoms with van der Waals surface area (Å²) in [6, 6.07) is 5.74. The predicted molar refractivity (Wildman–Crippen MR) is 89.4 cm³/mol. The molecule has 1 heterocycles. The van der Waals surface area contributed by atoms with Crippen molar-refractivity contribution in [2.75, 3.05) is 32.7 Å². The second-order valence-corrected chi connectivity index (χ2v) is 5.81. The third-order valence-corrected chi connectivity index (χ3v) is 3.95. The van der Waals surface area contributed by atoms with E-state index < -0.39 is 24.7 Å². The lowest BCUT2D eigenvalue weighted by molar-refractivity contribution is -0.184. The number of rotatable bonds is 5. The highest BCUT2D eigenvalue weighted by Crippen LogP contribution is 2.24. The molecular formula is C16H23ClF3N3O. The molecule has 136 valence electrons. The first kappa shape index (κ1) is 20.7. The summed E-state index contributed by atoms with van der Waals surface area (Å²) in [7, 11) is 0. The minimum Gasteiger partial charge on any atom is -0.354 e. The molecule has 8 heteroatoms. The number of hydrogen-bond acceptors (Lipinski definition) is 3. The van der Waals surface area contributed by atoms with Gasteiger partial charge < -0.3 is 10.6 Å². The Bertz CT molecular complexity index is 516. The highest BCUT2D eigenvalue weighted by atomic mass is 35.5. The molecule has 1 aromatic rings. The summed E-state index contributed by atoms with van der Waals surface area (Å²) >= 11 is 0. The van der Waals surface area contributed by atoms with E-state index in [0.717, 1.165) is 11.1 Å². The Hall–Kier alpha value is -1.31. The molecule has 1 aromatic carbocycles. The molecule has 0 saturated carbocycles. The van der Waals surface area contributed by atoms with Gasteiger partial charge in [-0.3, -0.25) is 9.69 Å². The number of alkyl halides is 3. The molecule has 0 aliphatic carbocycles. The molecule has 1 atom stereocenters. The van der Waals surface area contributed by atoms with Crippen LogP contribution in [0.15, 0.2) is 24.3 Å². The third-order valence-electron chi connectivity index (χ3n) is 3.95. The van der Waals surface area contributed by atoms with Crippen LogP contribution in [0.2, 0.25) is 0 Å². The molecule has 2 N–H and O–H groups in total. The second-order valence-electron chi connectivity index (χ2n) is 5.81. The standard InChI is InChI=1S/C16H22F3N3O.ClH/c1-12-2-4-13(5-3-12)10-15(23)21-11-14(16(17,18)19)22-8-6-20-7-9-22;/h2-5,14,20H,6-11H2,1H3,(H,21,23);1H. The summed E-state index contributed by atoms with van der Waals surface area (Å²) in [6.45, 7) is 3.25. The van der Waals surface area contributed by atoms with E-state index in [1.54, 1.807) is 0 Å². The Morgan fingerprint density at radius 2 is 1.83 bits per heavy atom. The average molecular weight is 366 g/mol. The second kappa shape index (κ2) is 9.25. The van der Waals surface area contributed by atoms with E-state index in [-0.39, 0.29) is 18.8 Å². The molecule has 0 radical (unpaired) electrons. The first-order valence-electron chi connectivity index (χ1n) is 7.70. The van der Waals surface area contributed by atoms with E-state index in [2.05, 4.69) is 10.6 Å². The van der Waals surface area contributed by atoms with Crippen LogP contribution >= 0.6 is 12.4 Å². The number of benzene rings is 1. The van der Waals surface area contributed by atoms with Crippen molar-refractivity contribution < 1.29 is 18.0 Å². The van der Waals surface area contributed by atoms with Gasteiger partial charge in [0.05, 0.1) is 6.42 Å². The van der Waals surface area contributed by atoms with Crippen molar-refractivity contribution in [3.63, 3.8) is 0 Å². The van der Waals surface area contributed by atoms with Gasteiger partial charge in [-0.05, 0) is 12.5 Å². The molecule has 4 nitrogen and oxygen atoms in total. The van der Waals surface area contributed by atoms with Gasteiger partial charge >= 0.3 is 6.18 Å². The lowest BCUT2D eigenvalue weighted by Gasteiger charge is -2.35. The maximum Gasteiger partial charge on any atom is 0.405 e. The normalized spacial score (nSPS) is 17.0. The first-order chi connectivity index (χ1) is 10.9. The van der Waals surface area contributed by atoms with Crippen molar-refractivity contribution >= 4 is 18.3 Å². The van der Waals surface area contributed by atoms with Crippen LogP contribution in [0, 0.1) is 6.92 Å². The van der Waals surface area contributed by atoms with Crippen LogP contribution < -0.4 is 10.6 Å². The van der Waals surface area contributed by atoms with E-state index in [0.29, 0.717) is 26.2 Å². The van der Waals surface area contributed by atoms with Gasteiger partial charge in [0.15, 0.2) is 0 Å². The van der Waals surface area contributed by atoms with E-state index in [9.17, 15) is 18.0 Å². The number of nitrogens with zero attached hydrogens (tertiary/aromatic N) is 1. The van der Waals surface area contributed by atoms with Crippen LogP contribution in [-0.4, -0.2) is 55.7 Å². The SMILES string of the molecule is Cc1ccc(CC(=O)NCC(N2CCNCC2)C(F)(F)F)cc1.Cl. The van der Waals surface area contributed by atoms with Crippen LogP contribution in [0.5, 0.6) is 0 Å². The van der Waals surface area contributed by atoms with Gasteiger partial charge in [-0.25, -0.2) is 0 Å². The Morgan fingerprint density at radius 3 is 2.38 bits per heavy atom. The number of carbonyl (C=O) groups excluding carboxylic acids is 1. The highest BCUT2D eigenvalue weighted by molar-refractivity contribution is 5.85. The molecule has 1 amide bonds. The van der Waals surface area contributed by atoms with Gasteiger partial charge in [0.2, 0.25) is 5.91 Å². The zero-order valence-electron chi connectivity index (χ0n) is 13.5. The fourth-order valence-electron chi connectivity index (χ4n) is 2.61. The molecule has 0 bridgehead atoms. The number of halogens is 4. The maximum absolute atomic E-state index is 13.2. The minimum atomic E-state index is -4.35. The number of carbonyl (C=O) groups is 1. The average Bonchev–Trinajstić information content (AvgIpc) is 2.49. The summed E-state index contributed by atoms with van der Waals surface area (Å²) in [5, 5.41) is 5.46. The molecule has 1 aliphatic heterocycles. The molecule has 0 spiro atoms. The summed E-state index contributed by atoms with van der Waals surface area (Å²) in [5.41, 5.74) is 1.86. The van der Waals surface area contributed by atoms with E-state index in [1.807, 2.05) is 31.2 Å². The minimum absolute atomic E-state index is 0. The molecule has 1 aliphatic rings. The van der Waals surface area contributed by atoms with Crippen LogP contribution in [0.3, 0.4) is 0 Å². The van der Waals surface area contributed by atoms with Crippen molar-refractivity contribution in [2.45, 2.75) is 25.6 Å². The summed E-state index contributed by atoms with van der Waals surface area (Å²) in [5.74, 6) is -0.391. The largest absolute Gasteiger partial charge is 0.405 e. The van der Waals surface area contributed by atoms with Crippen LogP contribution in [0.1, 0.15) is 11.1 Å². The van der Waals surface area contributed by atoms with Crippen LogP contribution in [-0.2, 0) is 11.2 Å². The molecule has 0 aromatic heterocycles. The van der Waals surface area contributed by atoms with Gasteiger partial charge in [-0.1, -0.05) is 29.8 Å². The van der Waals surface area contributed by atoms with Crippen molar-refractivity contribution in [3.05, 3.63) is 35.4 Å². The monoisotopic (exact) mass is 365 g/mol. The van der Waals surface area contributed by atoms with E-state index in [1.165, 1.54) is 4.90 Å². The first-order valence-corrected chi connectivity index (χ1v) is 7.70. The Morgan fingerprint density at radius 1 is 1.25 bits per heavy atom. The summed E-state index contributed by atoms with van der Waals surface area (Å²) in [6.07, 6.45) is -4.26. The zero-order valence-corrected chi connectivity index (χ0v) is 14.3. The molecule has 1 fully saturated rings. The number of aryl methyl sites for hydroxylation is 1. The van der Waals surface area contributed by atoms with Crippen molar-refractivity contribution in [1.29, 1.82) is 0 Å². The fourth-order valence-corrected chi connectivity index (χ4v) is 2.61. The smallest absolute Gasteiger partial charge is 0.354 e. The number of piperazine rings is 1. The molecule has 1 unspecified atom stereocenters. The maximum atomic E-state index is 13.2. The van der Waals surface area contributed by atoms with E-state index >= 15 is 0 Å². The Kier molecular flexibility index (Phi) is 7.99. The van der Waals surface area contributed by atoms with Gasteiger partial charge in [0.25, 0.3) is 0 Å². The highest BCUT2D eigenvalue weighted by Gasteiger charge is 2.43. The number of nitrogens with one attached hydrogen (secondary N) is 2. The molecule has 2 rings (SSSR count). The predicted octanol–water partition coefficient (Wildman–Crippen LogP) is 1.91. The Balaban J connectivity index is 0.00000288.